The van der Waals surface area contributed by atoms with E-state index >= 15 is 0 Å². The van der Waals surface area contributed by atoms with E-state index in [1.807, 2.05) is 11.8 Å². The van der Waals surface area contributed by atoms with Crippen LogP contribution in [-0.2, 0) is 4.79 Å². The zero-order valence-corrected chi connectivity index (χ0v) is 11.7. The Morgan fingerprint density at radius 2 is 2.00 bits per heavy atom. The molecule has 0 aromatic heterocycles. The highest BCUT2D eigenvalue weighted by molar-refractivity contribution is 5.75. The Morgan fingerprint density at radius 3 is 2.61 bits per heavy atom. The topological polar surface area (TPSA) is 23.6 Å². The molecule has 102 valence electrons. The van der Waals surface area contributed by atoms with Gasteiger partial charge in [0.1, 0.15) is 0 Å². The standard InChI is InChI=1S/C15H26N2O/c1-2-15(18)17-12-10-16(11-13-17)9-8-14-6-4-3-5-7-14/h6H,2-5,7-13H2,1H3. The van der Waals surface area contributed by atoms with Gasteiger partial charge in [-0.05, 0) is 32.1 Å². The van der Waals surface area contributed by atoms with Gasteiger partial charge in [-0.3, -0.25) is 9.69 Å². The highest BCUT2D eigenvalue weighted by Crippen LogP contribution is 2.20. The predicted molar refractivity (Wildman–Crippen MR) is 74.5 cm³/mol. The molecular weight excluding hydrogens is 224 g/mol. The largest absolute Gasteiger partial charge is 0.340 e. The SMILES string of the molecule is CCC(=O)N1CCN(CCC2=CCCCC2)CC1. The quantitative estimate of drug-likeness (QED) is 0.715. The van der Waals surface area contributed by atoms with Gasteiger partial charge < -0.3 is 4.90 Å². The summed E-state index contributed by atoms with van der Waals surface area (Å²) in [6.07, 6.45) is 9.68. The van der Waals surface area contributed by atoms with Crippen molar-refractivity contribution in [3.63, 3.8) is 0 Å². The number of piperazine rings is 1. The summed E-state index contributed by atoms with van der Waals surface area (Å²) in [6, 6.07) is 0. The molecule has 1 amide bonds. The second kappa shape index (κ2) is 6.93. The monoisotopic (exact) mass is 250 g/mol. The fraction of sp³-hybridized carbons (Fsp3) is 0.800. The first-order valence-corrected chi connectivity index (χ1v) is 7.47. The van der Waals surface area contributed by atoms with Crippen LogP contribution in [0.15, 0.2) is 11.6 Å². The highest BCUT2D eigenvalue weighted by atomic mass is 16.2. The smallest absolute Gasteiger partial charge is 0.222 e. The van der Waals surface area contributed by atoms with Crippen LogP contribution in [0.25, 0.3) is 0 Å². The first kappa shape index (κ1) is 13.6. The molecule has 1 aliphatic carbocycles. The summed E-state index contributed by atoms with van der Waals surface area (Å²) in [4.78, 5) is 16.1. The second-order valence-electron chi connectivity index (χ2n) is 5.43. The van der Waals surface area contributed by atoms with E-state index in [0.29, 0.717) is 12.3 Å². The maximum atomic E-state index is 11.6. The minimum atomic E-state index is 0.310. The van der Waals surface area contributed by atoms with E-state index in [9.17, 15) is 4.79 Å². The fourth-order valence-electron chi connectivity index (χ4n) is 2.88. The summed E-state index contributed by atoms with van der Waals surface area (Å²) < 4.78 is 0. The van der Waals surface area contributed by atoms with Gasteiger partial charge in [-0.1, -0.05) is 18.6 Å². The van der Waals surface area contributed by atoms with Gasteiger partial charge in [-0.25, -0.2) is 0 Å². The zero-order valence-electron chi connectivity index (χ0n) is 11.7. The summed E-state index contributed by atoms with van der Waals surface area (Å²) >= 11 is 0. The number of amides is 1. The van der Waals surface area contributed by atoms with Crippen molar-refractivity contribution in [2.45, 2.75) is 45.4 Å². The summed E-state index contributed by atoms with van der Waals surface area (Å²) in [6.45, 7) is 7.08. The van der Waals surface area contributed by atoms with Crippen molar-refractivity contribution in [3.8, 4) is 0 Å². The Kier molecular flexibility index (Phi) is 5.24. The van der Waals surface area contributed by atoms with Crippen molar-refractivity contribution in [2.24, 2.45) is 0 Å². The molecule has 0 N–H and O–H groups in total. The molecule has 1 aliphatic heterocycles. The molecule has 1 fully saturated rings. The summed E-state index contributed by atoms with van der Waals surface area (Å²) in [5.41, 5.74) is 1.66. The van der Waals surface area contributed by atoms with Crippen molar-refractivity contribution in [1.29, 1.82) is 0 Å². The average molecular weight is 250 g/mol. The van der Waals surface area contributed by atoms with Crippen LogP contribution >= 0.6 is 0 Å². The molecule has 1 saturated heterocycles. The highest BCUT2D eigenvalue weighted by Gasteiger charge is 2.19. The molecule has 2 rings (SSSR count). The normalized spacial score (nSPS) is 21.8. The molecule has 0 aromatic carbocycles. The fourth-order valence-corrected chi connectivity index (χ4v) is 2.88. The van der Waals surface area contributed by atoms with Crippen LogP contribution in [0.1, 0.15) is 45.4 Å². The second-order valence-corrected chi connectivity index (χ2v) is 5.43. The molecule has 0 aromatic rings. The number of rotatable bonds is 4. The maximum absolute atomic E-state index is 11.6. The molecule has 0 saturated carbocycles. The molecule has 3 heteroatoms. The summed E-state index contributed by atoms with van der Waals surface area (Å²) in [5.74, 6) is 0.310. The van der Waals surface area contributed by atoms with Gasteiger partial charge in [0.15, 0.2) is 0 Å². The van der Waals surface area contributed by atoms with Crippen LogP contribution in [-0.4, -0.2) is 48.4 Å². The third-order valence-corrected chi connectivity index (χ3v) is 4.16. The molecule has 0 spiro atoms. The third kappa shape index (κ3) is 3.84. The van der Waals surface area contributed by atoms with Crippen LogP contribution < -0.4 is 0 Å². The zero-order chi connectivity index (χ0) is 12.8. The van der Waals surface area contributed by atoms with Gasteiger partial charge in [0, 0.05) is 39.1 Å². The number of allylic oxidation sites excluding steroid dienone is 1. The first-order chi connectivity index (χ1) is 8.79. The van der Waals surface area contributed by atoms with E-state index in [1.165, 1.54) is 38.6 Å². The van der Waals surface area contributed by atoms with Gasteiger partial charge in [0.2, 0.25) is 5.91 Å². The molecule has 0 atom stereocenters. The Balaban J connectivity index is 1.67. The number of nitrogens with zero attached hydrogens (tertiary/aromatic N) is 2. The minimum Gasteiger partial charge on any atom is -0.340 e. The van der Waals surface area contributed by atoms with Gasteiger partial charge in [0.25, 0.3) is 0 Å². The lowest BCUT2D eigenvalue weighted by Gasteiger charge is -2.35. The van der Waals surface area contributed by atoms with E-state index < -0.39 is 0 Å². The Morgan fingerprint density at radius 1 is 1.22 bits per heavy atom. The minimum absolute atomic E-state index is 0.310. The van der Waals surface area contributed by atoms with Gasteiger partial charge in [-0.15, -0.1) is 0 Å². The maximum Gasteiger partial charge on any atom is 0.222 e. The van der Waals surface area contributed by atoms with Crippen molar-refractivity contribution in [2.75, 3.05) is 32.7 Å². The molecule has 0 bridgehead atoms. The number of hydrogen-bond donors (Lipinski definition) is 0. The third-order valence-electron chi connectivity index (χ3n) is 4.16. The van der Waals surface area contributed by atoms with E-state index in [1.54, 1.807) is 5.57 Å². The molecule has 0 unspecified atom stereocenters. The Labute approximate surface area is 111 Å². The Bertz CT molecular complexity index is 304. The first-order valence-electron chi connectivity index (χ1n) is 7.47. The molecule has 1 heterocycles. The van der Waals surface area contributed by atoms with Gasteiger partial charge >= 0.3 is 0 Å². The molecule has 0 radical (unpaired) electrons. The molecule has 3 nitrogen and oxygen atoms in total. The Hall–Kier alpha value is -0.830. The van der Waals surface area contributed by atoms with Crippen molar-refractivity contribution in [3.05, 3.63) is 11.6 Å². The lowest BCUT2D eigenvalue weighted by Crippen LogP contribution is -2.48. The lowest BCUT2D eigenvalue weighted by atomic mass is 9.97. The number of hydrogen-bond acceptors (Lipinski definition) is 2. The van der Waals surface area contributed by atoms with Crippen LogP contribution in [0.3, 0.4) is 0 Å². The molecular formula is C15H26N2O. The van der Waals surface area contributed by atoms with Crippen LogP contribution in [0.4, 0.5) is 0 Å². The van der Waals surface area contributed by atoms with Gasteiger partial charge in [-0.2, -0.15) is 0 Å². The average Bonchev–Trinajstić information content (AvgIpc) is 2.46. The van der Waals surface area contributed by atoms with Crippen LogP contribution in [0.2, 0.25) is 0 Å². The number of carbonyl (C=O) groups excluding carboxylic acids is 1. The lowest BCUT2D eigenvalue weighted by molar-refractivity contribution is -0.132. The van der Waals surface area contributed by atoms with E-state index in [4.69, 9.17) is 0 Å². The summed E-state index contributed by atoms with van der Waals surface area (Å²) in [5, 5.41) is 0. The van der Waals surface area contributed by atoms with Crippen LogP contribution in [0.5, 0.6) is 0 Å². The van der Waals surface area contributed by atoms with Gasteiger partial charge in [0.05, 0.1) is 0 Å². The summed E-state index contributed by atoms with van der Waals surface area (Å²) in [7, 11) is 0. The van der Waals surface area contributed by atoms with Crippen molar-refractivity contribution >= 4 is 5.91 Å². The molecule has 2 aliphatic rings. The number of carbonyl (C=O) groups is 1. The van der Waals surface area contributed by atoms with Crippen LogP contribution in [0, 0.1) is 0 Å². The predicted octanol–water partition coefficient (Wildman–Crippen LogP) is 2.43. The molecule has 18 heavy (non-hydrogen) atoms. The van der Waals surface area contributed by atoms with E-state index in [2.05, 4.69) is 11.0 Å². The van der Waals surface area contributed by atoms with E-state index in [0.717, 1.165) is 26.2 Å². The van der Waals surface area contributed by atoms with Crippen molar-refractivity contribution < 1.29 is 4.79 Å². The van der Waals surface area contributed by atoms with Crippen molar-refractivity contribution in [1.82, 2.24) is 9.80 Å². The van der Waals surface area contributed by atoms with E-state index in [-0.39, 0.29) is 0 Å².